The predicted molar refractivity (Wildman–Crippen MR) is 100 cm³/mol. The third-order valence-corrected chi connectivity index (χ3v) is 7.42. The summed E-state index contributed by atoms with van der Waals surface area (Å²) in [6.45, 7) is 8.98. The fourth-order valence-electron chi connectivity index (χ4n) is 3.96. The highest BCUT2D eigenvalue weighted by atomic mass is 32.2. The molecule has 0 bridgehead atoms. The third kappa shape index (κ3) is 3.23. The van der Waals surface area contributed by atoms with Crippen molar-refractivity contribution in [3.8, 4) is 0 Å². The van der Waals surface area contributed by atoms with Gasteiger partial charge in [-0.2, -0.15) is 4.31 Å². The molecule has 0 aromatic heterocycles. The molecule has 2 atom stereocenters. The number of esters is 1. The van der Waals surface area contributed by atoms with Crippen LogP contribution in [-0.4, -0.2) is 38.9 Å². The fourth-order valence-corrected chi connectivity index (χ4v) is 5.54. The molecule has 0 saturated carbocycles. The Morgan fingerprint density at radius 3 is 2.58 bits per heavy atom. The molecular weight excluding hydrogens is 350 g/mol. The smallest absolute Gasteiger partial charge is 0.333 e. The highest BCUT2D eigenvalue weighted by Crippen LogP contribution is 2.47. The zero-order valence-electron chi connectivity index (χ0n) is 15.5. The van der Waals surface area contributed by atoms with Crippen LogP contribution in [0.2, 0.25) is 0 Å². The number of methoxy groups -OCH3 is 1. The molecule has 0 amide bonds. The van der Waals surface area contributed by atoms with E-state index in [0.29, 0.717) is 36.4 Å². The molecule has 1 fully saturated rings. The van der Waals surface area contributed by atoms with E-state index in [4.69, 9.17) is 4.74 Å². The molecule has 0 N–H and O–H groups in total. The highest BCUT2D eigenvalue weighted by molar-refractivity contribution is 7.89. The highest BCUT2D eigenvalue weighted by Gasteiger charge is 2.48. The molecule has 140 valence electrons. The summed E-state index contributed by atoms with van der Waals surface area (Å²) in [5, 5.41) is 0. The van der Waals surface area contributed by atoms with Gasteiger partial charge in [-0.05, 0) is 30.9 Å². The lowest BCUT2D eigenvalue weighted by Crippen LogP contribution is -2.31. The number of ether oxygens (including phenoxy) is 1. The lowest BCUT2D eigenvalue weighted by molar-refractivity contribution is -0.136. The second kappa shape index (κ2) is 6.67. The number of nitrogens with zero attached hydrogens (tertiary/aromatic N) is 1. The van der Waals surface area contributed by atoms with Crippen LogP contribution < -0.4 is 0 Å². The van der Waals surface area contributed by atoms with Crippen molar-refractivity contribution in [2.75, 3.05) is 20.2 Å². The van der Waals surface area contributed by atoms with E-state index >= 15 is 0 Å². The van der Waals surface area contributed by atoms with Gasteiger partial charge in [0.05, 0.1) is 12.0 Å². The first-order valence-corrected chi connectivity index (χ1v) is 10.1. The molecule has 1 aromatic carbocycles. The number of allylic oxidation sites excluding steroid dienone is 1. The van der Waals surface area contributed by atoms with Gasteiger partial charge in [-0.15, -0.1) is 0 Å². The van der Waals surface area contributed by atoms with E-state index in [1.165, 1.54) is 7.11 Å². The topological polar surface area (TPSA) is 63.7 Å². The van der Waals surface area contributed by atoms with Gasteiger partial charge >= 0.3 is 5.97 Å². The number of hydrogen-bond donors (Lipinski definition) is 0. The minimum atomic E-state index is -3.54. The van der Waals surface area contributed by atoms with Crippen molar-refractivity contribution in [1.29, 1.82) is 0 Å². The van der Waals surface area contributed by atoms with Crippen LogP contribution in [-0.2, 0) is 19.6 Å². The first kappa shape index (κ1) is 18.9. The Labute approximate surface area is 155 Å². The Kier molecular flexibility index (Phi) is 4.84. The van der Waals surface area contributed by atoms with Crippen LogP contribution >= 0.6 is 0 Å². The van der Waals surface area contributed by atoms with E-state index in [1.807, 2.05) is 25.1 Å². The molecule has 1 heterocycles. The van der Waals surface area contributed by atoms with E-state index in [-0.39, 0.29) is 17.3 Å². The molecule has 1 aromatic rings. The monoisotopic (exact) mass is 375 g/mol. The summed E-state index contributed by atoms with van der Waals surface area (Å²) in [5.41, 5.74) is 2.26. The van der Waals surface area contributed by atoms with Crippen LogP contribution in [0.15, 0.2) is 53.0 Å². The number of sulfonamides is 1. The Balaban J connectivity index is 1.89. The molecule has 0 spiro atoms. The number of rotatable bonds is 3. The molecule has 1 aliphatic heterocycles. The molecule has 3 rings (SSSR count). The predicted octanol–water partition coefficient (Wildman–Crippen LogP) is 3.07. The quantitative estimate of drug-likeness (QED) is 0.602. The summed E-state index contributed by atoms with van der Waals surface area (Å²) in [6, 6.07) is 6.94. The maximum absolute atomic E-state index is 13.0. The molecule has 6 heteroatoms. The fraction of sp³-hybridized carbons (Fsp3) is 0.450. The molecular formula is C20H25NO4S. The van der Waals surface area contributed by atoms with Gasteiger partial charge in [0.1, 0.15) is 0 Å². The summed E-state index contributed by atoms with van der Waals surface area (Å²) in [4.78, 5) is 12.2. The van der Waals surface area contributed by atoms with Crippen molar-refractivity contribution >= 4 is 16.0 Å². The van der Waals surface area contributed by atoms with Gasteiger partial charge < -0.3 is 4.74 Å². The van der Waals surface area contributed by atoms with Crippen molar-refractivity contribution in [2.45, 2.75) is 31.6 Å². The lowest BCUT2D eigenvalue weighted by atomic mass is 9.75. The molecule has 1 aliphatic carbocycles. The molecule has 1 saturated heterocycles. The van der Waals surface area contributed by atoms with Crippen LogP contribution in [0, 0.1) is 18.3 Å². The SMILES string of the molecule is C=C1CC(C(=O)OC)=CC[C@]2(C)CN(S(=O)(=O)c3ccc(C)cc3)C[C@H]12. The Morgan fingerprint density at radius 2 is 1.96 bits per heavy atom. The van der Waals surface area contributed by atoms with E-state index in [9.17, 15) is 13.2 Å². The van der Waals surface area contributed by atoms with Crippen LogP contribution in [0.1, 0.15) is 25.3 Å². The van der Waals surface area contributed by atoms with Crippen LogP contribution in [0.3, 0.4) is 0 Å². The van der Waals surface area contributed by atoms with Crippen molar-refractivity contribution in [1.82, 2.24) is 4.31 Å². The molecule has 0 radical (unpaired) electrons. The number of benzene rings is 1. The average Bonchev–Trinajstić information content (AvgIpc) is 2.91. The number of hydrogen-bond acceptors (Lipinski definition) is 4. The van der Waals surface area contributed by atoms with Gasteiger partial charge in [0.15, 0.2) is 0 Å². The van der Waals surface area contributed by atoms with Crippen molar-refractivity contribution in [3.63, 3.8) is 0 Å². The van der Waals surface area contributed by atoms with Gasteiger partial charge in [-0.3, -0.25) is 0 Å². The van der Waals surface area contributed by atoms with E-state index < -0.39 is 10.0 Å². The standard InChI is InChI=1S/C20H25NO4S/c1-14-5-7-17(8-6-14)26(23,24)21-12-18-15(2)11-16(19(22)25-4)9-10-20(18,3)13-21/h5-9,18H,2,10-13H2,1,3-4H3/t18-,20-/m1/s1. The normalized spacial score (nSPS) is 26.8. The summed E-state index contributed by atoms with van der Waals surface area (Å²) >= 11 is 0. The van der Waals surface area contributed by atoms with Gasteiger partial charge in [-0.1, -0.05) is 42.8 Å². The average molecular weight is 375 g/mol. The van der Waals surface area contributed by atoms with Crippen molar-refractivity contribution in [2.24, 2.45) is 11.3 Å². The van der Waals surface area contributed by atoms with Crippen molar-refractivity contribution < 1.29 is 17.9 Å². The second-order valence-electron chi connectivity index (χ2n) is 7.58. The zero-order chi connectivity index (χ0) is 19.1. The Morgan fingerprint density at radius 1 is 1.31 bits per heavy atom. The van der Waals surface area contributed by atoms with Crippen molar-refractivity contribution in [3.05, 3.63) is 53.6 Å². The second-order valence-corrected chi connectivity index (χ2v) is 9.52. The maximum Gasteiger partial charge on any atom is 0.333 e. The van der Waals surface area contributed by atoms with Gasteiger partial charge in [-0.25, -0.2) is 13.2 Å². The van der Waals surface area contributed by atoms with Gasteiger partial charge in [0, 0.05) is 31.0 Å². The Hall–Kier alpha value is -1.92. The summed E-state index contributed by atoms with van der Waals surface area (Å²) in [6.07, 6.45) is 2.95. The minimum Gasteiger partial charge on any atom is -0.466 e. The maximum atomic E-state index is 13.0. The molecule has 2 aliphatic rings. The first-order chi connectivity index (χ1) is 12.2. The zero-order valence-corrected chi connectivity index (χ0v) is 16.3. The lowest BCUT2D eigenvalue weighted by Gasteiger charge is -2.29. The summed E-state index contributed by atoms with van der Waals surface area (Å²) < 4.78 is 32.5. The molecule has 5 nitrogen and oxygen atoms in total. The summed E-state index contributed by atoms with van der Waals surface area (Å²) in [7, 11) is -2.17. The molecule has 26 heavy (non-hydrogen) atoms. The van der Waals surface area contributed by atoms with E-state index in [0.717, 1.165) is 11.1 Å². The largest absolute Gasteiger partial charge is 0.466 e. The first-order valence-electron chi connectivity index (χ1n) is 8.69. The Bertz CT molecular complexity index is 870. The number of fused-ring (bicyclic) bond motifs is 1. The number of carbonyl (C=O) groups is 1. The van der Waals surface area contributed by atoms with Crippen LogP contribution in [0.5, 0.6) is 0 Å². The third-order valence-electron chi connectivity index (χ3n) is 5.60. The number of aryl methyl sites for hydroxylation is 1. The van der Waals surface area contributed by atoms with Gasteiger partial charge in [0.25, 0.3) is 0 Å². The van der Waals surface area contributed by atoms with Gasteiger partial charge in [0.2, 0.25) is 10.0 Å². The summed E-state index contributed by atoms with van der Waals surface area (Å²) in [5.74, 6) is -0.319. The minimum absolute atomic E-state index is 0.0149. The van der Waals surface area contributed by atoms with Crippen LogP contribution in [0.4, 0.5) is 0 Å². The number of carbonyl (C=O) groups excluding carboxylic acids is 1. The van der Waals surface area contributed by atoms with E-state index in [2.05, 4.69) is 13.5 Å². The van der Waals surface area contributed by atoms with Crippen LogP contribution in [0.25, 0.3) is 0 Å². The van der Waals surface area contributed by atoms with E-state index in [1.54, 1.807) is 16.4 Å². The molecule has 0 unspecified atom stereocenters.